The molecule has 0 radical (unpaired) electrons. The number of carbonyl (C=O) groups is 1. The Morgan fingerprint density at radius 2 is 2.05 bits per heavy atom. The minimum absolute atomic E-state index is 0.0786. The van der Waals surface area contributed by atoms with E-state index in [1.54, 1.807) is 6.20 Å². The van der Waals surface area contributed by atoms with Gasteiger partial charge in [-0.05, 0) is 36.0 Å². The van der Waals surface area contributed by atoms with E-state index in [9.17, 15) is 4.79 Å². The number of carbonyl (C=O) groups excluding carboxylic acids is 1. The smallest absolute Gasteiger partial charge is 0.315 e. The van der Waals surface area contributed by atoms with Crippen LogP contribution in [-0.4, -0.2) is 28.4 Å². The van der Waals surface area contributed by atoms with Gasteiger partial charge < -0.3 is 10.6 Å². The summed E-state index contributed by atoms with van der Waals surface area (Å²) in [6, 6.07) is 10.4. The van der Waals surface area contributed by atoms with Crippen molar-refractivity contribution in [2.45, 2.75) is 32.4 Å². The van der Waals surface area contributed by atoms with Crippen molar-refractivity contribution in [1.29, 1.82) is 0 Å². The molecule has 1 atom stereocenters. The largest absolute Gasteiger partial charge is 0.338 e. The van der Waals surface area contributed by atoms with Crippen molar-refractivity contribution >= 4 is 6.03 Å². The van der Waals surface area contributed by atoms with Crippen LogP contribution in [0.4, 0.5) is 4.79 Å². The number of benzene rings is 1. The zero-order chi connectivity index (χ0) is 15.4. The van der Waals surface area contributed by atoms with Crippen molar-refractivity contribution in [3.05, 3.63) is 53.9 Å². The Hall–Kier alpha value is -2.30. The first-order valence-corrected chi connectivity index (χ1v) is 7.79. The molecular weight excluding hydrogens is 276 g/mol. The number of fused-ring (bicyclic) bond motifs is 1. The molecule has 2 amide bonds. The van der Waals surface area contributed by atoms with Gasteiger partial charge in [0.25, 0.3) is 0 Å². The molecule has 0 spiro atoms. The van der Waals surface area contributed by atoms with Gasteiger partial charge in [0, 0.05) is 31.5 Å². The fourth-order valence-corrected chi connectivity index (χ4v) is 2.96. The third kappa shape index (κ3) is 3.67. The van der Waals surface area contributed by atoms with E-state index < -0.39 is 0 Å². The summed E-state index contributed by atoms with van der Waals surface area (Å²) in [6.07, 6.45) is 5.55. The zero-order valence-electron chi connectivity index (χ0n) is 12.8. The third-order valence-electron chi connectivity index (χ3n) is 4.06. The van der Waals surface area contributed by atoms with Gasteiger partial charge in [-0.2, -0.15) is 5.10 Å². The van der Waals surface area contributed by atoms with Gasteiger partial charge in [0.2, 0.25) is 0 Å². The zero-order valence-corrected chi connectivity index (χ0v) is 12.8. The summed E-state index contributed by atoms with van der Waals surface area (Å²) in [5.41, 5.74) is 2.69. The van der Waals surface area contributed by atoms with E-state index in [4.69, 9.17) is 0 Å². The second-order valence-corrected chi connectivity index (χ2v) is 6.06. The standard InChI is InChI=1S/C17H22N4O/c1-13(12-21-8-4-7-19-21)11-18-17(22)20-16-9-14-5-2-3-6-15(14)10-16/h2-8,13,16H,9-12H2,1H3,(H2,18,20,22)/t13-/m0/s1. The maximum atomic E-state index is 12.0. The van der Waals surface area contributed by atoms with Gasteiger partial charge in [0.15, 0.2) is 0 Å². The van der Waals surface area contributed by atoms with Gasteiger partial charge in [0.1, 0.15) is 0 Å². The Kier molecular flexibility index (Phi) is 4.42. The van der Waals surface area contributed by atoms with E-state index in [1.165, 1.54) is 11.1 Å². The molecule has 1 aromatic heterocycles. The third-order valence-corrected chi connectivity index (χ3v) is 4.06. The van der Waals surface area contributed by atoms with Crippen molar-refractivity contribution in [1.82, 2.24) is 20.4 Å². The lowest BCUT2D eigenvalue weighted by Gasteiger charge is -2.16. The molecule has 2 N–H and O–H groups in total. The molecule has 116 valence electrons. The first-order valence-electron chi connectivity index (χ1n) is 7.79. The number of rotatable bonds is 5. The Labute approximate surface area is 130 Å². The minimum Gasteiger partial charge on any atom is -0.338 e. The van der Waals surface area contributed by atoms with Crippen molar-refractivity contribution in [2.24, 2.45) is 5.92 Å². The molecule has 0 bridgehead atoms. The lowest BCUT2D eigenvalue weighted by molar-refractivity contribution is 0.235. The normalized spacial score (nSPS) is 15.3. The van der Waals surface area contributed by atoms with Gasteiger partial charge in [0.05, 0.1) is 0 Å². The highest BCUT2D eigenvalue weighted by atomic mass is 16.2. The van der Waals surface area contributed by atoms with Gasteiger partial charge in [-0.25, -0.2) is 4.79 Å². The Bertz CT molecular complexity index is 598. The van der Waals surface area contributed by atoms with Crippen LogP contribution in [0.1, 0.15) is 18.1 Å². The highest BCUT2D eigenvalue weighted by Crippen LogP contribution is 2.21. The Balaban J connectivity index is 1.40. The van der Waals surface area contributed by atoms with Crippen LogP contribution in [0.3, 0.4) is 0 Å². The van der Waals surface area contributed by atoms with E-state index in [0.717, 1.165) is 19.4 Å². The number of nitrogens with zero attached hydrogens (tertiary/aromatic N) is 2. The molecule has 5 heteroatoms. The summed E-state index contributed by atoms with van der Waals surface area (Å²) >= 11 is 0. The van der Waals surface area contributed by atoms with Crippen LogP contribution in [0.15, 0.2) is 42.7 Å². The molecule has 0 unspecified atom stereocenters. The predicted molar refractivity (Wildman–Crippen MR) is 85.6 cm³/mol. The number of hydrogen-bond donors (Lipinski definition) is 2. The summed E-state index contributed by atoms with van der Waals surface area (Å²) in [6.45, 7) is 3.56. The summed E-state index contributed by atoms with van der Waals surface area (Å²) < 4.78 is 1.89. The number of aromatic nitrogens is 2. The van der Waals surface area contributed by atoms with Crippen LogP contribution in [0.5, 0.6) is 0 Å². The van der Waals surface area contributed by atoms with Crippen LogP contribution in [0.25, 0.3) is 0 Å². The molecule has 22 heavy (non-hydrogen) atoms. The topological polar surface area (TPSA) is 59.0 Å². The van der Waals surface area contributed by atoms with Crippen LogP contribution in [0, 0.1) is 5.92 Å². The van der Waals surface area contributed by atoms with Gasteiger partial charge in [-0.15, -0.1) is 0 Å². The molecule has 1 aliphatic rings. The lowest BCUT2D eigenvalue weighted by atomic mass is 10.1. The molecule has 0 saturated heterocycles. The Morgan fingerprint density at radius 1 is 1.32 bits per heavy atom. The highest BCUT2D eigenvalue weighted by Gasteiger charge is 2.22. The number of nitrogens with one attached hydrogen (secondary N) is 2. The maximum Gasteiger partial charge on any atom is 0.315 e. The molecule has 1 aromatic carbocycles. The SMILES string of the molecule is C[C@@H](CNC(=O)NC1Cc2ccccc2C1)Cn1cccn1. The Morgan fingerprint density at radius 3 is 2.68 bits per heavy atom. The van der Waals surface area contributed by atoms with Crippen LogP contribution < -0.4 is 10.6 Å². The van der Waals surface area contributed by atoms with E-state index in [0.29, 0.717) is 12.5 Å². The number of amides is 2. The monoisotopic (exact) mass is 298 g/mol. The fraction of sp³-hybridized carbons (Fsp3) is 0.412. The second kappa shape index (κ2) is 6.64. The van der Waals surface area contributed by atoms with E-state index in [2.05, 4.69) is 46.9 Å². The number of hydrogen-bond acceptors (Lipinski definition) is 2. The quantitative estimate of drug-likeness (QED) is 0.887. The second-order valence-electron chi connectivity index (χ2n) is 6.06. The van der Waals surface area contributed by atoms with Crippen LogP contribution in [0.2, 0.25) is 0 Å². The summed E-state index contributed by atoms with van der Waals surface area (Å²) in [5, 5.41) is 10.2. The minimum atomic E-state index is -0.0786. The predicted octanol–water partition coefficient (Wildman–Crippen LogP) is 1.99. The van der Waals surface area contributed by atoms with Gasteiger partial charge >= 0.3 is 6.03 Å². The average Bonchev–Trinajstić information content (AvgIpc) is 3.13. The molecular formula is C17H22N4O. The maximum absolute atomic E-state index is 12.0. The average molecular weight is 298 g/mol. The van der Waals surface area contributed by atoms with Crippen LogP contribution in [-0.2, 0) is 19.4 Å². The molecule has 5 nitrogen and oxygen atoms in total. The molecule has 0 saturated carbocycles. The van der Waals surface area contributed by atoms with E-state index >= 15 is 0 Å². The van der Waals surface area contributed by atoms with Crippen molar-refractivity contribution in [3.8, 4) is 0 Å². The van der Waals surface area contributed by atoms with Gasteiger partial charge in [-0.1, -0.05) is 31.2 Å². The van der Waals surface area contributed by atoms with E-state index in [1.807, 2.05) is 16.9 Å². The van der Waals surface area contributed by atoms with Gasteiger partial charge in [-0.3, -0.25) is 4.68 Å². The summed E-state index contributed by atoms with van der Waals surface area (Å²) in [7, 11) is 0. The van der Waals surface area contributed by atoms with E-state index in [-0.39, 0.29) is 12.1 Å². The fourth-order valence-electron chi connectivity index (χ4n) is 2.96. The van der Waals surface area contributed by atoms with Crippen molar-refractivity contribution in [2.75, 3.05) is 6.54 Å². The molecule has 2 aromatic rings. The highest BCUT2D eigenvalue weighted by molar-refractivity contribution is 5.74. The molecule has 1 aliphatic carbocycles. The summed E-state index contributed by atoms with van der Waals surface area (Å²) in [5.74, 6) is 0.339. The molecule has 3 rings (SSSR count). The first-order chi connectivity index (χ1) is 10.7. The molecule has 0 fully saturated rings. The van der Waals surface area contributed by atoms with Crippen molar-refractivity contribution in [3.63, 3.8) is 0 Å². The van der Waals surface area contributed by atoms with Crippen LogP contribution >= 0.6 is 0 Å². The first kappa shape index (κ1) is 14.6. The summed E-state index contributed by atoms with van der Waals surface area (Å²) in [4.78, 5) is 12.0. The lowest BCUT2D eigenvalue weighted by Crippen LogP contribution is -2.44. The molecule has 1 heterocycles. The number of urea groups is 1. The molecule has 0 aliphatic heterocycles. The van der Waals surface area contributed by atoms with Crippen molar-refractivity contribution < 1.29 is 4.79 Å².